The van der Waals surface area contributed by atoms with E-state index in [1.807, 2.05) is 0 Å². The van der Waals surface area contributed by atoms with Gasteiger partial charge in [0.15, 0.2) is 6.23 Å². The summed E-state index contributed by atoms with van der Waals surface area (Å²) >= 11 is 0. The van der Waals surface area contributed by atoms with Crippen molar-refractivity contribution in [3.8, 4) is 11.3 Å². The Kier molecular flexibility index (Phi) is 7.94. The molecule has 182 valence electrons. The first-order valence-electron chi connectivity index (χ1n) is 10.1. The summed E-state index contributed by atoms with van der Waals surface area (Å²) in [6.45, 7) is 0.793. The summed E-state index contributed by atoms with van der Waals surface area (Å²) in [7, 11) is 0. The van der Waals surface area contributed by atoms with Gasteiger partial charge in [0.25, 0.3) is 0 Å². The van der Waals surface area contributed by atoms with E-state index < -0.39 is 29.9 Å². The molecule has 0 fully saturated rings. The van der Waals surface area contributed by atoms with Crippen LogP contribution in [-0.4, -0.2) is 52.7 Å². The molecule has 0 bridgehead atoms. The van der Waals surface area contributed by atoms with Crippen LogP contribution in [0.15, 0.2) is 36.7 Å². The van der Waals surface area contributed by atoms with E-state index in [-0.39, 0.29) is 25.7 Å². The maximum atomic E-state index is 13.2. The molecule has 0 spiro atoms. The van der Waals surface area contributed by atoms with E-state index in [0.717, 1.165) is 0 Å². The van der Waals surface area contributed by atoms with Crippen molar-refractivity contribution in [2.45, 2.75) is 45.2 Å². The van der Waals surface area contributed by atoms with Gasteiger partial charge in [0, 0.05) is 18.0 Å². The van der Waals surface area contributed by atoms with Crippen LogP contribution in [-0.2, 0) is 25.9 Å². The van der Waals surface area contributed by atoms with E-state index in [1.54, 1.807) is 24.3 Å². The summed E-state index contributed by atoms with van der Waals surface area (Å²) < 4.78 is 39.7. The molecule has 0 aliphatic rings. The van der Waals surface area contributed by atoms with Crippen molar-refractivity contribution >= 4 is 11.8 Å². The number of hydrogen-bond acceptors (Lipinski definition) is 10. The van der Waals surface area contributed by atoms with Crippen molar-refractivity contribution in [1.82, 2.24) is 19.9 Å². The molecule has 10 nitrogen and oxygen atoms in total. The third-order valence-electron chi connectivity index (χ3n) is 4.67. The number of halogens is 3. The van der Waals surface area contributed by atoms with Gasteiger partial charge in [0.05, 0.1) is 42.9 Å². The Hall–Kier alpha value is -3.39. The van der Waals surface area contributed by atoms with Crippen LogP contribution in [0.2, 0.25) is 0 Å². The highest BCUT2D eigenvalue weighted by atomic mass is 19.4. The summed E-state index contributed by atoms with van der Waals surface area (Å²) in [5.74, 6) is -0.833. The Morgan fingerprint density at radius 2 is 1.74 bits per heavy atom. The highest BCUT2D eigenvalue weighted by Crippen LogP contribution is 2.34. The SMILES string of the molecule is C[C@@H](O)[C@@H](O)Nc1nc(NCc2ccc(-c3cc(CO)cc(CO)n3)cn2)ncc1C(F)(F)F. The van der Waals surface area contributed by atoms with E-state index in [9.17, 15) is 33.6 Å². The molecule has 13 heteroatoms. The number of aliphatic hydroxyl groups is 4. The smallest absolute Gasteiger partial charge is 0.392 e. The zero-order valence-corrected chi connectivity index (χ0v) is 18.0. The molecular weight excluding hydrogens is 457 g/mol. The lowest BCUT2D eigenvalue weighted by molar-refractivity contribution is -0.137. The van der Waals surface area contributed by atoms with Gasteiger partial charge in [-0.15, -0.1) is 0 Å². The van der Waals surface area contributed by atoms with Gasteiger partial charge in [-0.05, 0) is 36.8 Å². The minimum atomic E-state index is -4.77. The van der Waals surface area contributed by atoms with Gasteiger partial charge in [-0.3, -0.25) is 9.97 Å². The molecule has 0 aliphatic carbocycles. The number of alkyl halides is 3. The number of rotatable bonds is 9. The largest absolute Gasteiger partial charge is 0.421 e. The molecule has 0 aliphatic heterocycles. The molecule has 0 saturated heterocycles. The zero-order chi connectivity index (χ0) is 24.9. The number of aliphatic hydroxyl groups excluding tert-OH is 4. The van der Waals surface area contributed by atoms with Crippen LogP contribution >= 0.6 is 0 Å². The summed E-state index contributed by atoms with van der Waals surface area (Å²) in [4.78, 5) is 16.0. The van der Waals surface area contributed by atoms with Crippen molar-refractivity contribution in [2.75, 3.05) is 10.6 Å². The van der Waals surface area contributed by atoms with Crippen LogP contribution in [0.3, 0.4) is 0 Å². The van der Waals surface area contributed by atoms with Crippen LogP contribution in [0, 0.1) is 0 Å². The molecular formula is C21H23F3N6O4. The Labute approximate surface area is 192 Å². The lowest BCUT2D eigenvalue weighted by Crippen LogP contribution is -2.32. The van der Waals surface area contributed by atoms with Gasteiger partial charge in [-0.25, -0.2) is 4.98 Å². The van der Waals surface area contributed by atoms with Gasteiger partial charge >= 0.3 is 6.18 Å². The van der Waals surface area contributed by atoms with Crippen LogP contribution in [0.25, 0.3) is 11.3 Å². The maximum absolute atomic E-state index is 13.2. The van der Waals surface area contributed by atoms with Gasteiger partial charge in [0.1, 0.15) is 11.4 Å². The molecule has 3 rings (SSSR count). The molecule has 3 aromatic rings. The Balaban J connectivity index is 1.75. The highest BCUT2D eigenvalue weighted by Gasteiger charge is 2.36. The summed E-state index contributed by atoms with van der Waals surface area (Å²) in [5.41, 5.74) is 1.46. The average molecular weight is 480 g/mol. The minimum Gasteiger partial charge on any atom is -0.392 e. The lowest BCUT2D eigenvalue weighted by atomic mass is 10.1. The van der Waals surface area contributed by atoms with Crippen molar-refractivity contribution in [3.05, 3.63) is 59.2 Å². The number of nitrogens with zero attached hydrogens (tertiary/aromatic N) is 4. The van der Waals surface area contributed by atoms with Crippen LogP contribution in [0.1, 0.15) is 29.4 Å². The second kappa shape index (κ2) is 10.7. The lowest BCUT2D eigenvalue weighted by Gasteiger charge is -2.19. The highest BCUT2D eigenvalue weighted by molar-refractivity contribution is 5.59. The molecule has 0 aromatic carbocycles. The van der Waals surface area contributed by atoms with Gasteiger partial charge in [-0.1, -0.05) is 0 Å². The molecule has 0 radical (unpaired) electrons. The van der Waals surface area contributed by atoms with Gasteiger partial charge in [-0.2, -0.15) is 18.2 Å². The minimum absolute atomic E-state index is 0.0794. The molecule has 3 heterocycles. The molecule has 3 aromatic heterocycles. The van der Waals surface area contributed by atoms with Gasteiger partial charge in [0.2, 0.25) is 5.95 Å². The van der Waals surface area contributed by atoms with Gasteiger partial charge < -0.3 is 31.1 Å². The first kappa shape index (κ1) is 25.2. The average Bonchev–Trinajstić information content (AvgIpc) is 2.82. The zero-order valence-electron chi connectivity index (χ0n) is 18.0. The number of hydrogen-bond donors (Lipinski definition) is 6. The van der Waals surface area contributed by atoms with Crippen LogP contribution in [0.5, 0.6) is 0 Å². The van der Waals surface area contributed by atoms with Crippen molar-refractivity contribution in [3.63, 3.8) is 0 Å². The van der Waals surface area contributed by atoms with E-state index in [1.165, 1.54) is 13.1 Å². The molecule has 0 amide bonds. The second-order valence-electron chi connectivity index (χ2n) is 7.34. The topological polar surface area (TPSA) is 157 Å². The molecule has 0 saturated carbocycles. The predicted molar refractivity (Wildman–Crippen MR) is 115 cm³/mol. The first-order chi connectivity index (χ1) is 16.1. The molecule has 34 heavy (non-hydrogen) atoms. The van der Waals surface area contributed by atoms with Crippen LogP contribution in [0.4, 0.5) is 24.9 Å². The third-order valence-corrected chi connectivity index (χ3v) is 4.67. The van der Waals surface area contributed by atoms with E-state index in [4.69, 9.17) is 0 Å². The quantitative estimate of drug-likeness (QED) is 0.249. The molecule has 2 atom stereocenters. The fourth-order valence-corrected chi connectivity index (χ4v) is 2.87. The maximum Gasteiger partial charge on any atom is 0.421 e. The first-order valence-corrected chi connectivity index (χ1v) is 10.1. The summed E-state index contributed by atoms with van der Waals surface area (Å²) in [6.07, 6.45) is -5.67. The Morgan fingerprint density at radius 3 is 2.32 bits per heavy atom. The van der Waals surface area contributed by atoms with Crippen LogP contribution < -0.4 is 10.6 Å². The predicted octanol–water partition coefficient (Wildman–Crippen LogP) is 1.66. The number of aromatic nitrogens is 4. The third kappa shape index (κ3) is 6.35. The van der Waals surface area contributed by atoms with Crippen molar-refractivity contribution in [1.29, 1.82) is 0 Å². The monoisotopic (exact) mass is 480 g/mol. The van der Waals surface area contributed by atoms with E-state index >= 15 is 0 Å². The van der Waals surface area contributed by atoms with Crippen molar-refractivity contribution in [2.24, 2.45) is 0 Å². The number of nitrogens with one attached hydrogen (secondary N) is 2. The molecule has 6 N–H and O–H groups in total. The fourth-order valence-electron chi connectivity index (χ4n) is 2.87. The summed E-state index contributed by atoms with van der Waals surface area (Å²) in [6, 6.07) is 6.63. The van der Waals surface area contributed by atoms with E-state index in [0.29, 0.717) is 34.4 Å². The fraction of sp³-hybridized carbons (Fsp3) is 0.333. The number of anilines is 2. The number of pyridine rings is 2. The summed E-state index contributed by atoms with van der Waals surface area (Å²) in [5, 5.41) is 42.7. The Morgan fingerprint density at radius 1 is 0.971 bits per heavy atom. The standard InChI is InChI=1S/C21H23F3N6O4/c1-11(33)19(34)29-18-16(21(22,23)24)8-27-20(30-18)26-7-14-3-2-13(6-25-14)17-5-12(9-31)4-15(10-32)28-17/h2-6,8,11,19,31-34H,7,9-10H2,1H3,(H2,26,27,29,30)/t11-,19-/m1/s1. The normalized spacial score (nSPS) is 13.4. The molecule has 0 unspecified atom stereocenters. The second-order valence-corrected chi connectivity index (χ2v) is 7.34. The van der Waals surface area contributed by atoms with Crippen molar-refractivity contribution < 1.29 is 33.6 Å². The Bertz CT molecular complexity index is 1090. The van der Waals surface area contributed by atoms with E-state index in [2.05, 4.69) is 30.6 Å².